The number of carboxylic acids is 1. The molecule has 0 unspecified atom stereocenters. The van der Waals surface area contributed by atoms with Gasteiger partial charge < -0.3 is 9.67 Å². The van der Waals surface area contributed by atoms with E-state index in [1.54, 1.807) is 4.57 Å². The Bertz CT molecular complexity index is 541. The number of aromatic carboxylic acids is 1. The van der Waals surface area contributed by atoms with E-state index in [0.29, 0.717) is 12.2 Å². The number of aromatic nitrogens is 1. The molecule has 0 aliphatic carbocycles. The van der Waals surface area contributed by atoms with Crippen molar-refractivity contribution >= 4 is 5.97 Å². The minimum absolute atomic E-state index is 0.381. The summed E-state index contributed by atoms with van der Waals surface area (Å²) in [5, 5.41) is 9.22. The number of hydrogen-bond donors (Lipinski definition) is 1. The minimum Gasteiger partial charge on any atom is -0.477 e. The van der Waals surface area contributed by atoms with Crippen LogP contribution in [0.15, 0.2) is 36.5 Å². The molecule has 17 heavy (non-hydrogen) atoms. The lowest BCUT2D eigenvalue weighted by Crippen LogP contribution is -2.09. The van der Waals surface area contributed by atoms with Gasteiger partial charge in [0.15, 0.2) is 0 Å². The van der Waals surface area contributed by atoms with Crippen LogP contribution in [0.1, 0.15) is 27.2 Å². The normalized spacial score (nSPS) is 10.5. The third kappa shape index (κ3) is 2.23. The van der Waals surface area contributed by atoms with Gasteiger partial charge in [0, 0.05) is 12.7 Å². The average Bonchev–Trinajstić information content (AvgIpc) is 2.56. The van der Waals surface area contributed by atoms with Crippen molar-refractivity contribution in [2.45, 2.75) is 20.4 Å². The van der Waals surface area contributed by atoms with Crippen molar-refractivity contribution in [3.63, 3.8) is 0 Å². The highest BCUT2D eigenvalue weighted by Gasteiger charge is 2.16. The summed E-state index contributed by atoms with van der Waals surface area (Å²) in [5.74, 6) is -0.869. The summed E-state index contributed by atoms with van der Waals surface area (Å²) in [6, 6.07) is 9.86. The van der Waals surface area contributed by atoms with Crippen molar-refractivity contribution < 1.29 is 9.90 Å². The zero-order chi connectivity index (χ0) is 12.4. The molecular formula is C14H15NO2. The summed E-state index contributed by atoms with van der Waals surface area (Å²) < 4.78 is 1.79. The van der Waals surface area contributed by atoms with Crippen molar-refractivity contribution in [1.82, 2.24) is 4.57 Å². The molecule has 0 saturated heterocycles. The summed E-state index contributed by atoms with van der Waals surface area (Å²) in [6.07, 6.45) is 1.89. The molecule has 3 nitrogen and oxygen atoms in total. The summed E-state index contributed by atoms with van der Waals surface area (Å²) in [7, 11) is 0. The molecule has 0 amide bonds. The van der Waals surface area contributed by atoms with E-state index in [4.69, 9.17) is 0 Å². The van der Waals surface area contributed by atoms with Crippen molar-refractivity contribution in [2.24, 2.45) is 0 Å². The second-order valence-corrected chi connectivity index (χ2v) is 4.20. The minimum atomic E-state index is -0.869. The van der Waals surface area contributed by atoms with Crippen LogP contribution in [0, 0.1) is 13.8 Å². The Kier molecular flexibility index (Phi) is 3.00. The Labute approximate surface area is 100 Å². The highest BCUT2D eigenvalue weighted by Crippen LogP contribution is 2.17. The van der Waals surface area contributed by atoms with Gasteiger partial charge in [-0.05, 0) is 30.5 Å². The molecule has 3 heteroatoms. The molecule has 0 aliphatic heterocycles. The van der Waals surface area contributed by atoms with Gasteiger partial charge in [-0.15, -0.1) is 0 Å². The van der Waals surface area contributed by atoms with Gasteiger partial charge in [-0.1, -0.05) is 30.3 Å². The van der Waals surface area contributed by atoms with Gasteiger partial charge in [0.2, 0.25) is 0 Å². The quantitative estimate of drug-likeness (QED) is 0.879. The molecule has 88 valence electrons. The first-order valence-corrected chi connectivity index (χ1v) is 5.53. The fourth-order valence-electron chi connectivity index (χ4n) is 1.99. The van der Waals surface area contributed by atoms with Crippen LogP contribution < -0.4 is 0 Å². The first kappa shape index (κ1) is 11.5. The number of hydrogen-bond acceptors (Lipinski definition) is 1. The molecule has 0 saturated carbocycles. The van der Waals surface area contributed by atoms with Crippen LogP contribution in [0.3, 0.4) is 0 Å². The summed E-state index contributed by atoms with van der Waals surface area (Å²) in [4.78, 5) is 11.2. The molecule has 0 spiro atoms. The zero-order valence-electron chi connectivity index (χ0n) is 9.97. The fraction of sp³-hybridized carbons (Fsp3) is 0.214. The van der Waals surface area contributed by atoms with Gasteiger partial charge in [-0.25, -0.2) is 4.79 Å². The lowest BCUT2D eigenvalue weighted by Gasteiger charge is -2.06. The molecule has 1 aromatic carbocycles. The van der Waals surface area contributed by atoms with E-state index in [1.165, 1.54) is 0 Å². The molecule has 0 fully saturated rings. The predicted octanol–water partition coefficient (Wildman–Crippen LogP) is 2.85. The van der Waals surface area contributed by atoms with E-state index in [1.807, 2.05) is 50.4 Å². The van der Waals surface area contributed by atoms with Crippen molar-refractivity contribution in [2.75, 3.05) is 0 Å². The lowest BCUT2D eigenvalue weighted by atomic mass is 10.2. The zero-order valence-corrected chi connectivity index (χ0v) is 9.97. The second kappa shape index (κ2) is 4.45. The van der Waals surface area contributed by atoms with Gasteiger partial charge in [-0.2, -0.15) is 0 Å². The van der Waals surface area contributed by atoms with Crippen molar-refractivity contribution in [3.8, 4) is 0 Å². The molecule has 1 N–H and O–H groups in total. The highest BCUT2D eigenvalue weighted by molar-refractivity contribution is 5.88. The third-order valence-electron chi connectivity index (χ3n) is 2.98. The van der Waals surface area contributed by atoms with Crippen molar-refractivity contribution in [3.05, 3.63) is 58.9 Å². The first-order valence-electron chi connectivity index (χ1n) is 5.53. The largest absolute Gasteiger partial charge is 0.477 e. The lowest BCUT2D eigenvalue weighted by molar-refractivity contribution is 0.0685. The maximum Gasteiger partial charge on any atom is 0.352 e. The number of carboxylic acid groups (broad SMARTS) is 1. The second-order valence-electron chi connectivity index (χ2n) is 4.20. The van der Waals surface area contributed by atoms with E-state index in [-0.39, 0.29) is 0 Å². The standard InChI is InChI=1S/C14H15NO2/c1-10-8-15(13(11(10)2)14(16)17)9-12-6-4-3-5-7-12/h3-8H,9H2,1-2H3,(H,16,17). The molecule has 1 heterocycles. The van der Waals surface area contributed by atoms with E-state index >= 15 is 0 Å². The van der Waals surface area contributed by atoms with Gasteiger partial charge in [-0.3, -0.25) is 0 Å². The van der Waals surface area contributed by atoms with Crippen LogP contribution in [0.25, 0.3) is 0 Å². The molecule has 2 rings (SSSR count). The smallest absolute Gasteiger partial charge is 0.352 e. The Morgan fingerprint density at radius 2 is 1.88 bits per heavy atom. The van der Waals surface area contributed by atoms with Gasteiger partial charge >= 0.3 is 5.97 Å². The highest BCUT2D eigenvalue weighted by atomic mass is 16.4. The molecule has 1 aromatic heterocycles. The number of benzene rings is 1. The maximum absolute atomic E-state index is 11.2. The molecule has 0 aliphatic rings. The maximum atomic E-state index is 11.2. The van der Waals surface area contributed by atoms with Crippen LogP contribution in [-0.4, -0.2) is 15.6 Å². The summed E-state index contributed by atoms with van der Waals surface area (Å²) >= 11 is 0. The topological polar surface area (TPSA) is 42.2 Å². The van der Waals surface area contributed by atoms with Gasteiger partial charge in [0.1, 0.15) is 5.69 Å². The van der Waals surface area contributed by atoms with Gasteiger partial charge in [0.05, 0.1) is 0 Å². The molecular weight excluding hydrogens is 214 g/mol. The van der Waals surface area contributed by atoms with Crippen LogP contribution in [-0.2, 0) is 6.54 Å². The molecule has 0 radical (unpaired) electrons. The number of rotatable bonds is 3. The first-order chi connectivity index (χ1) is 8.09. The van der Waals surface area contributed by atoms with E-state index in [2.05, 4.69) is 0 Å². The van der Waals surface area contributed by atoms with Crippen LogP contribution in [0.2, 0.25) is 0 Å². The Morgan fingerprint density at radius 1 is 1.24 bits per heavy atom. The Balaban J connectivity index is 2.40. The summed E-state index contributed by atoms with van der Waals surface area (Å²) in [6.45, 7) is 4.38. The summed E-state index contributed by atoms with van der Waals surface area (Å²) in [5.41, 5.74) is 3.34. The van der Waals surface area contributed by atoms with Gasteiger partial charge in [0.25, 0.3) is 0 Å². The Morgan fingerprint density at radius 3 is 2.47 bits per heavy atom. The third-order valence-corrected chi connectivity index (χ3v) is 2.98. The predicted molar refractivity (Wildman–Crippen MR) is 66.4 cm³/mol. The number of carbonyl (C=O) groups is 1. The van der Waals surface area contributed by atoms with E-state index < -0.39 is 5.97 Å². The number of nitrogens with zero attached hydrogens (tertiary/aromatic N) is 1. The molecule has 0 bridgehead atoms. The molecule has 0 atom stereocenters. The van der Waals surface area contributed by atoms with Crippen LogP contribution in [0.4, 0.5) is 0 Å². The van der Waals surface area contributed by atoms with Crippen LogP contribution in [0.5, 0.6) is 0 Å². The fourth-order valence-corrected chi connectivity index (χ4v) is 1.99. The number of aryl methyl sites for hydroxylation is 1. The monoisotopic (exact) mass is 229 g/mol. The average molecular weight is 229 g/mol. The molecule has 2 aromatic rings. The van der Waals surface area contributed by atoms with E-state index in [0.717, 1.165) is 16.7 Å². The Hall–Kier alpha value is -2.03. The van der Waals surface area contributed by atoms with Crippen LogP contribution >= 0.6 is 0 Å². The SMILES string of the molecule is Cc1cn(Cc2ccccc2)c(C(=O)O)c1C. The van der Waals surface area contributed by atoms with E-state index in [9.17, 15) is 9.90 Å². The van der Waals surface area contributed by atoms with Crippen molar-refractivity contribution in [1.29, 1.82) is 0 Å².